The molecule has 1 saturated carbocycles. The van der Waals surface area contributed by atoms with Crippen LogP contribution < -0.4 is 11.1 Å². The Kier molecular flexibility index (Phi) is 7.70. The number of nitrogens with zero attached hydrogens (tertiary/aromatic N) is 5. The van der Waals surface area contributed by atoms with Gasteiger partial charge in [0, 0.05) is 23.7 Å². The van der Waals surface area contributed by atoms with Crippen LogP contribution in [0.3, 0.4) is 0 Å². The van der Waals surface area contributed by atoms with Crippen molar-refractivity contribution in [3.63, 3.8) is 0 Å². The van der Waals surface area contributed by atoms with Gasteiger partial charge in [-0.3, -0.25) is 9.59 Å². The van der Waals surface area contributed by atoms with Crippen LogP contribution in [0.4, 0.5) is 24.8 Å². The number of hydrogen-bond acceptors (Lipinski definition) is 7. The summed E-state index contributed by atoms with van der Waals surface area (Å²) in [6.07, 6.45) is 1.65. The van der Waals surface area contributed by atoms with Crippen LogP contribution in [0.1, 0.15) is 61.0 Å². The van der Waals surface area contributed by atoms with E-state index in [0.29, 0.717) is 28.7 Å². The summed E-state index contributed by atoms with van der Waals surface area (Å²) in [6, 6.07) is 8.13. The van der Waals surface area contributed by atoms with Crippen LogP contribution in [0, 0.1) is 17.8 Å². The van der Waals surface area contributed by atoms with Crippen molar-refractivity contribution in [1.29, 1.82) is 0 Å². The van der Waals surface area contributed by atoms with Crippen molar-refractivity contribution in [3.05, 3.63) is 60.0 Å². The normalized spacial score (nSPS) is 17.1. The molecule has 210 valence electrons. The number of hydrogen-bond donors (Lipinski definition) is 2. The topological polar surface area (TPSA) is 129 Å². The predicted octanol–water partition coefficient (Wildman–Crippen LogP) is 5.46. The van der Waals surface area contributed by atoms with E-state index in [0.717, 1.165) is 44.0 Å². The van der Waals surface area contributed by atoms with Crippen LogP contribution in [0.2, 0.25) is 0 Å². The fourth-order valence-corrected chi connectivity index (χ4v) is 5.14. The number of aromatic nitrogens is 5. The molecular formula is C29H26F3N7O2. The highest BCUT2D eigenvalue weighted by Crippen LogP contribution is 2.38. The van der Waals surface area contributed by atoms with Crippen molar-refractivity contribution >= 4 is 34.4 Å². The molecule has 3 N–H and O–H groups in total. The summed E-state index contributed by atoms with van der Waals surface area (Å²) in [4.78, 5) is 37.1. The molecule has 0 spiro atoms. The second-order valence-electron chi connectivity index (χ2n) is 9.89. The maximum absolute atomic E-state index is 13.0. The monoisotopic (exact) mass is 561 g/mol. The summed E-state index contributed by atoms with van der Waals surface area (Å²) in [6.45, 7) is 1.66. The van der Waals surface area contributed by atoms with Crippen LogP contribution in [-0.4, -0.2) is 36.4 Å². The minimum Gasteiger partial charge on any atom is -0.383 e. The standard InChI is InChI=1S/C29H26F3N7O2/c1-2-3-22(40)14-17-4-10-21(11-5-17)39-27-24(26(33)35-16-36-27)25(38-39)18-6-8-19(9-7-18)28(41)37-23-15-20(12-13-34-23)29(30,31)32/h6-9,12-13,15-17,21H,4-5,10-11,14H2,1H3,(H2,33,35,36)(H,34,37,41)/t17-,21-. The Morgan fingerprint density at radius 2 is 1.80 bits per heavy atom. The number of halogens is 3. The highest BCUT2D eigenvalue weighted by molar-refractivity contribution is 6.04. The molecule has 0 saturated heterocycles. The number of rotatable bonds is 6. The summed E-state index contributed by atoms with van der Waals surface area (Å²) >= 11 is 0. The Labute approximate surface area is 233 Å². The number of nitrogen functional groups attached to an aromatic ring is 1. The van der Waals surface area contributed by atoms with Gasteiger partial charge in [0.05, 0.1) is 17.0 Å². The molecule has 12 heteroatoms. The minimum absolute atomic E-state index is 0.0356. The van der Waals surface area contributed by atoms with Gasteiger partial charge >= 0.3 is 6.18 Å². The number of benzene rings is 1. The summed E-state index contributed by atoms with van der Waals surface area (Å²) in [5, 5.41) is 7.85. The van der Waals surface area contributed by atoms with Crippen LogP contribution in [0.5, 0.6) is 0 Å². The lowest BCUT2D eigenvalue weighted by atomic mass is 9.83. The summed E-state index contributed by atoms with van der Waals surface area (Å²) in [5.74, 6) is 4.97. The summed E-state index contributed by atoms with van der Waals surface area (Å²) < 4.78 is 40.9. The van der Waals surface area contributed by atoms with Gasteiger partial charge in [0.25, 0.3) is 5.91 Å². The number of amides is 1. The Morgan fingerprint density at radius 1 is 1.07 bits per heavy atom. The largest absolute Gasteiger partial charge is 0.416 e. The Bertz CT molecular complexity index is 1660. The third-order valence-corrected chi connectivity index (χ3v) is 7.17. The Morgan fingerprint density at radius 3 is 2.49 bits per heavy atom. The minimum atomic E-state index is -4.55. The second kappa shape index (κ2) is 11.4. The lowest BCUT2D eigenvalue weighted by molar-refractivity contribution is -0.137. The lowest BCUT2D eigenvalue weighted by Gasteiger charge is -2.28. The summed E-state index contributed by atoms with van der Waals surface area (Å²) in [5.41, 5.74) is 7.38. The number of carbonyl (C=O) groups excluding carboxylic acids is 2. The molecule has 3 aromatic heterocycles. The Balaban J connectivity index is 1.36. The first-order valence-corrected chi connectivity index (χ1v) is 13.0. The molecule has 0 aliphatic heterocycles. The van der Waals surface area contributed by atoms with Gasteiger partial charge in [-0.15, -0.1) is 0 Å². The van der Waals surface area contributed by atoms with E-state index in [1.54, 1.807) is 31.2 Å². The zero-order chi connectivity index (χ0) is 29.1. The molecule has 9 nitrogen and oxygen atoms in total. The molecule has 0 radical (unpaired) electrons. The maximum atomic E-state index is 13.0. The van der Waals surface area contributed by atoms with E-state index in [9.17, 15) is 22.8 Å². The SMILES string of the molecule is CC#CC(=O)C[C@H]1CC[C@H](n2nc(-c3ccc(C(=O)Nc4cc(C(F)(F)F)ccn4)cc3)c3c(N)ncnc32)CC1. The highest BCUT2D eigenvalue weighted by atomic mass is 19.4. The highest BCUT2D eigenvalue weighted by Gasteiger charge is 2.31. The first-order chi connectivity index (χ1) is 19.6. The number of carbonyl (C=O) groups is 2. The number of nitrogens with one attached hydrogen (secondary N) is 1. The number of nitrogens with two attached hydrogens (primary N) is 1. The first kappa shape index (κ1) is 27.8. The number of fused-ring (bicyclic) bond motifs is 1. The third kappa shape index (κ3) is 6.04. The molecular weight excluding hydrogens is 535 g/mol. The second-order valence-corrected chi connectivity index (χ2v) is 9.89. The fraction of sp³-hybridized carbons (Fsp3) is 0.310. The van der Waals surface area contributed by atoms with E-state index in [2.05, 4.69) is 32.1 Å². The lowest BCUT2D eigenvalue weighted by Crippen LogP contribution is -2.21. The zero-order valence-corrected chi connectivity index (χ0v) is 22.1. The van der Waals surface area contributed by atoms with E-state index in [1.807, 2.05) is 4.68 Å². The molecule has 3 heterocycles. The van der Waals surface area contributed by atoms with Crippen molar-refractivity contribution in [2.75, 3.05) is 11.1 Å². The van der Waals surface area contributed by atoms with Gasteiger partial charge in [-0.25, -0.2) is 19.6 Å². The van der Waals surface area contributed by atoms with Crippen LogP contribution in [0.15, 0.2) is 48.9 Å². The summed E-state index contributed by atoms with van der Waals surface area (Å²) in [7, 11) is 0. The van der Waals surface area contributed by atoms with Gasteiger partial charge in [0.2, 0.25) is 5.78 Å². The molecule has 1 aliphatic rings. The van der Waals surface area contributed by atoms with Crippen molar-refractivity contribution < 1.29 is 22.8 Å². The van der Waals surface area contributed by atoms with Crippen LogP contribution in [-0.2, 0) is 11.0 Å². The number of pyridine rings is 1. The zero-order valence-electron chi connectivity index (χ0n) is 22.1. The van der Waals surface area contributed by atoms with Crippen molar-refractivity contribution in [2.45, 2.75) is 51.2 Å². The maximum Gasteiger partial charge on any atom is 0.416 e. The molecule has 1 aliphatic carbocycles. The molecule has 4 aromatic rings. The quantitative estimate of drug-likeness (QED) is 0.236. The van der Waals surface area contributed by atoms with Crippen molar-refractivity contribution in [1.82, 2.24) is 24.7 Å². The van der Waals surface area contributed by atoms with Gasteiger partial charge < -0.3 is 11.1 Å². The number of anilines is 2. The van der Waals surface area contributed by atoms with Gasteiger partial charge in [-0.1, -0.05) is 18.1 Å². The molecule has 0 atom stereocenters. The fourth-order valence-electron chi connectivity index (χ4n) is 5.14. The van der Waals surface area contributed by atoms with Gasteiger partial charge in [0.15, 0.2) is 5.65 Å². The molecule has 1 amide bonds. The molecule has 41 heavy (non-hydrogen) atoms. The van der Waals surface area contributed by atoms with E-state index >= 15 is 0 Å². The molecule has 1 fully saturated rings. The number of alkyl halides is 3. The molecule has 5 rings (SSSR count). The molecule has 0 unspecified atom stereocenters. The van der Waals surface area contributed by atoms with Gasteiger partial charge in [-0.05, 0) is 68.7 Å². The van der Waals surface area contributed by atoms with Crippen LogP contribution in [0.25, 0.3) is 22.3 Å². The smallest absolute Gasteiger partial charge is 0.383 e. The van der Waals surface area contributed by atoms with Gasteiger partial charge in [-0.2, -0.15) is 18.3 Å². The Hall–Kier alpha value is -4.79. The van der Waals surface area contributed by atoms with E-state index in [4.69, 9.17) is 10.8 Å². The first-order valence-electron chi connectivity index (χ1n) is 13.0. The van der Waals surface area contributed by atoms with E-state index in [1.165, 1.54) is 6.33 Å². The molecule has 1 aromatic carbocycles. The van der Waals surface area contributed by atoms with E-state index in [-0.39, 0.29) is 34.9 Å². The van der Waals surface area contributed by atoms with Crippen LogP contribution >= 0.6 is 0 Å². The average Bonchev–Trinajstić information content (AvgIpc) is 3.34. The predicted molar refractivity (Wildman–Crippen MR) is 146 cm³/mol. The number of Topliss-reactive ketones (excluding diaryl/α,β-unsaturated/α-hetero) is 1. The molecule has 0 bridgehead atoms. The van der Waals surface area contributed by atoms with Crippen molar-refractivity contribution in [3.8, 4) is 23.1 Å². The van der Waals surface area contributed by atoms with E-state index < -0.39 is 17.6 Å². The van der Waals surface area contributed by atoms with Gasteiger partial charge in [0.1, 0.15) is 23.7 Å². The third-order valence-electron chi connectivity index (χ3n) is 7.17. The average molecular weight is 562 g/mol. The van der Waals surface area contributed by atoms with Crippen molar-refractivity contribution in [2.24, 2.45) is 5.92 Å². The number of ketones is 1.